The van der Waals surface area contributed by atoms with E-state index in [9.17, 15) is 9.59 Å². The van der Waals surface area contributed by atoms with Crippen LogP contribution in [0.3, 0.4) is 0 Å². The molecule has 0 N–H and O–H groups in total. The number of hydrogen-bond donors (Lipinski definition) is 0. The van der Waals surface area contributed by atoms with Crippen LogP contribution in [-0.4, -0.2) is 11.9 Å². The van der Waals surface area contributed by atoms with Crippen molar-refractivity contribution in [1.82, 2.24) is 0 Å². The van der Waals surface area contributed by atoms with Gasteiger partial charge in [0.1, 0.15) is 0 Å². The van der Waals surface area contributed by atoms with E-state index in [-0.39, 0.29) is 24.3 Å². The van der Waals surface area contributed by atoms with E-state index in [4.69, 9.17) is 0 Å². The summed E-state index contributed by atoms with van der Waals surface area (Å²) < 4.78 is 4.56. The highest BCUT2D eigenvalue weighted by molar-refractivity contribution is 5.94. The molecule has 1 heterocycles. The van der Waals surface area contributed by atoms with Crippen LogP contribution in [0.4, 0.5) is 0 Å². The normalized spacial score (nSPS) is 22.6. The Hall–Kier alpha value is -1.12. The topological polar surface area (TPSA) is 43.4 Å². The SMILES string of the molecule is CCC(C)(C)CC(C)(CC)C/C=C/CC1CC(=O)OC1=O. The Morgan fingerprint density at radius 3 is 2.29 bits per heavy atom. The predicted octanol–water partition coefficient (Wildman–Crippen LogP) is 4.66. The Balaban J connectivity index is 2.49. The molecule has 3 heteroatoms. The zero-order valence-corrected chi connectivity index (χ0v) is 14.2. The van der Waals surface area contributed by atoms with Gasteiger partial charge in [-0.05, 0) is 30.1 Å². The van der Waals surface area contributed by atoms with E-state index >= 15 is 0 Å². The number of ether oxygens (including phenoxy) is 1. The lowest BCUT2D eigenvalue weighted by Gasteiger charge is -2.36. The van der Waals surface area contributed by atoms with E-state index in [1.165, 1.54) is 12.8 Å². The van der Waals surface area contributed by atoms with Gasteiger partial charge in [0, 0.05) is 0 Å². The molecule has 1 saturated heterocycles. The second kappa shape index (κ2) is 7.24. The number of cyclic esters (lactones) is 2. The average Bonchev–Trinajstić information content (AvgIpc) is 2.73. The maximum Gasteiger partial charge on any atom is 0.317 e. The highest BCUT2D eigenvalue weighted by Crippen LogP contribution is 2.41. The van der Waals surface area contributed by atoms with Crippen LogP contribution in [0.25, 0.3) is 0 Å². The summed E-state index contributed by atoms with van der Waals surface area (Å²) in [5, 5.41) is 0. The number of hydrogen-bond acceptors (Lipinski definition) is 3. The fraction of sp³-hybridized carbons (Fsp3) is 0.778. The third-order valence-corrected chi connectivity index (χ3v) is 4.87. The summed E-state index contributed by atoms with van der Waals surface area (Å²) in [6.07, 6.45) is 9.60. The largest absolute Gasteiger partial charge is 0.393 e. The molecule has 1 fully saturated rings. The van der Waals surface area contributed by atoms with Crippen molar-refractivity contribution in [1.29, 1.82) is 0 Å². The molecule has 3 nitrogen and oxygen atoms in total. The maximum atomic E-state index is 11.4. The molecule has 0 aromatic heterocycles. The van der Waals surface area contributed by atoms with Crippen molar-refractivity contribution in [2.45, 2.75) is 73.1 Å². The molecule has 0 aliphatic carbocycles. The quantitative estimate of drug-likeness (QED) is 0.371. The fourth-order valence-corrected chi connectivity index (χ4v) is 2.95. The van der Waals surface area contributed by atoms with Crippen LogP contribution in [0.2, 0.25) is 0 Å². The highest BCUT2D eigenvalue weighted by Gasteiger charge is 2.32. The molecule has 21 heavy (non-hydrogen) atoms. The summed E-state index contributed by atoms with van der Waals surface area (Å²) in [6.45, 7) is 11.5. The Morgan fingerprint density at radius 2 is 1.81 bits per heavy atom. The third kappa shape index (κ3) is 5.64. The van der Waals surface area contributed by atoms with Gasteiger partial charge in [-0.2, -0.15) is 0 Å². The molecule has 0 radical (unpaired) electrons. The monoisotopic (exact) mass is 294 g/mol. The Morgan fingerprint density at radius 1 is 1.14 bits per heavy atom. The summed E-state index contributed by atoms with van der Waals surface area (Å²) in [5.41, 5.74) is 0.655. The molecule has 0 aromatic rings. The van der Waals surface area contributed by atoms with Crippen LogP contribution in [0.5, 0.6) is 0 Å². The van der Waals surface area contributed by atoms with Gasteiger partial charge in [-0.25, -0.2) is 0 Å². The summed E-state index contributed by atoms with van der Waals surface area (Å²) in [6, 6.07) is 0. The number of esters is 2. The molecule has 0 bridgehead atoms. The first-order valence-electron chi connectivity index (χ1n) is 8.11. The molecule has 2 unspecified atom stereocenters. The van der Waals surface area contributed by atoms with Crippen molar-refractivity contribution >= 4 is 11.9 Å². The molecule has 0 aromatic carbocycles. The molecular weight excluding hydrogens is 264 g/mol. The first-order valence-corrected chi connectivity index (χ1v) is 8.11. The molecule has 1 rings (SSSR count). The third-order valence-electron chi connectivity index (χ3n) is 4.87. The van der Waals surface area contributed by atoms with Gasteiger partial charge in [-0.3, -0.25) is 9.59 Å². The average molecular weight is 294 g/mol. The van der Waals surface area contributed by atoms with Gasteiger partial charge in [0.25, 0.3) is 0 Å². The number of rotatable bonds is 8. The number of carbonyl (C=O) groups excluding carboxylic acids is 2. The molecule has 1 aliphatic rings. The van der Waals surface area contributed by atoms with Crippen LogP contribution in [-0.2, 0) is 14.3 Å². The van der Waals surface area contributed by atoms with E-state index in [0.717, 1.165) is 12.8 Å². The molecule has 0 spiro atoms. The minimum Gasteiger partial charge on any atom is -0.393 e. The maximum absolute atomic E-state index is 11.4. The summed E-state index contributed by atoms with van der Waals surface area (Å²) in [7, 11) is 0. The van der Waals surface area contributed by atoms with Crippen LogP contribution in [0.1, 0.15) is 73.1 Å². The van der Waals surface area contributed by atoms with Gasteiger partial charge in [0.15, 0.2) is 0 Å². The minimum absolute atomic E-state index is 0.233. The van der Waals surface area contributed by atoms with Gasteiger partial charge in [-0.1, -0.05) is 59.6 Å². The summed E-state index contributed by atoms with van der Waals surface area (Å²) in [5.74, 6) is -1.02. The van der Waals surface area contributed by atoms with Gasteiger partial charge < -0.3 is 4.74 Å². The molecular formula is C18H30O3. The standard InChI is InChI=1S/C18H30O3/c1-6-17(3,4)13-18(5,7-2)11-9-8-10-14-12-15(19)21-16(14)20/h8-9,14H,6-7,10-13H2,1-5H3/b9-8+. The predicted molar refractivity (Wildman–Crippen MR) is 84.7 cm³/mol. The van der Waals surface area contributed by atoms with Crippen molar-refractivity contribution < 1.29 is 14.3 Å². The molecule has 0 saturated carbocycles. The first-order chi connectivity index (χ1) is 9.71. The fourth-order valence-electron chi connectivity index (χ4n) is 2.95. The van der Waals surface area contributed by atoms with Crippen molar-refractivity contribution in [2.24, 2.45) is 16.7 Å². The molecule has 120 valence electrons. The van der Waals surface area contributed by atoms with Gasteiger partial charge in [0.05, 0.1) is 12.3 Å². The minimum atomic E-state index is -0.388. The van der Waals surface area contributed by atoms with E-state index in [2.05, 4.69) is 45.4 Å². The summed E-state index contributed by atoms with van der Waals surface area (Å²) >= 11 is 0. The van der Waals surface area contributed by atoms with Crippen LogP contribution < -0.4 is 0 Å². The van der Waals surface area contributed by atoms with Gasteiger partial charge >= 0.3 is 11.9 Å². The zero-order chi connectivity index (χ0) is 16.1. The van der Waals surface area contributed by atoms with Gasteiger partial charge in [0.2, 0.25) is 0 Å². The van der Waals surface area contributed by atoms with Crippen molar-refractivity contribution in [3.63, 3.8) is 0 Å². The molecule has 1 aliphatic heterocycles. The Kier molecular flexibility index (Phi) is 6.18. The van der Waals surface area contributed by atoms with Crippen LogP contribution in [0.15, 0.2) is 12.2 Å². The summed E-state index contributed by atoms with van der Waals surface area (Å²) in [4.78, 5) is 22.4. The number of carbonyl (C=O) groups is 2. The second-order valence-corrected chi connectivity index (χ2v) is 7.46. The van der Waals surface area contributed by atoms with Crippen LogP contribution in [0, 0.1) is 16.7 Å². The molecule has 0 amide bonds. The Labute approximate surface area is 129 Å². The lowest BCUT2D eigenvalue weighted by atomic mass is 9.69. The van der Waals surface area contributed by atoms with E-state index in [1.807, 2.05) is 6.08 Å². The number of allylic oxidation sites excluding steroid dienone is 2. The highest BCUT2D eigenvalue weighted by atomic mass is 16.6. The first kappa shape index (κ1) is 17.9. The van der Waals surface area contributed by atoms with E-state index in [1.54, 1.807) is 0 Å². The van der Waals surface area contributed by atoms with Crippen LogP contribution >= 0.6 is 0 Å². The van der Waals surface area contributed by atoms with E-state index < -0.39 is 0 Å². The smallest absolute Gasteiger partial charge is 0.317 e. The lowest BCUT2D eigenvalue weighted by Crippen LogP contribution is -2.24. The molecule has 2 atom stereocenters. The zero-order valence-electron chi connectivity index (χ0n) is 14.2. The van der Waals surface area contributed by atoms with Crippen molar-refractivity contribution in [2.75, 3.05) is 0 Å². The van der Waals surface area contributed by atoms with Crippen molar-refractivity contribution in [3.8, 4) is 0 Å². The Bertz CT molecular complexity index is 409. The lowest BCUT2D eigenvalue weighted by molar-refractivity contribution is -0.153. The second-order valence-electron chi connectivity index (χ2n) is 7.46. The van der Waals surface area contributed by atoms with Gasteiger partial charge in [-0.15, -0.1) is 0 Å². The van der Waals surface area contributed by atoms with E-state index in [0.29, 0.717) is 17.3 Å². The van der Waals surface area contributed by atoms with Crippen molar-refractivity contribution in [3.05, 3.63) is 12.2 Å².